The molecule has 0 saturated carbocycles. The van der Waals surface area contributed by atoms with Gasteiger partial charge in [0.15, 0.2) is 5.60 Å². The first-order valence-corrected chi connectivity index (χ1v) is 8.20. The molecule has 4 nitrogen and oxygen atoms in total. The lowest BCUT2D eigenvalue weighted by Crippen LogP contribution is -2.55. The standard InChI is InChI=1S/C17H21F3N2O2/c18-17(19,20)16(24)7-10-21(11-8-16)12-15(23)22-9-3-5-13-4-1-2-6-14(13)22/h1-2,4,6,24H,3,5,7-12H2. The fourth-order valence-electron chi connectivity index (χ4n) is 3.43. The Hall–Kier alpha value is -1.60. The molecule has 0 aliphatic carbocycles. The van der Waals surface area contributed by atoms with Crippen LogP contribution >= 0.6 is 0 Å². The molecule has 1 aromatic carbocycles. The third-order valence-electron chi connectivity index (χ3n) is 4.98. The number of aryl methyl sites for hydroxylation is 1. The zero-order valence-corrected chi connectivity index (χ0v) is 13.4. The number of anilines is 1. The van der Waals surface area contributed by atoms with Crippen LogP contribution in [-0.4, -0.2) is 53.9 Å². The monoisotopic (exact) mass is 342 g/mol. The lowest BCUT2D eigenvalue weighted by Gasteiger charge is -2.39. The van der Waals surface area contributed by atoms with E-state index in [1.54, 1.807) is 9.80 Å². The second-order valence-electron chi connectivity index (χ2n) is 6.58. The number of hydrogen-bond acceptors (Lipinski definition) is 3. The molecule has 1 saturated heterocycles. The Labute approximate surface area is 138 Å². The van der Waals surface area contributed by atoms with Gasteiger partial charge in [0.05, 0.1) is 6.54 Å². The molecule has 7 heteroatoms. The van der Waals surface area contributed by atoms with Crippen molar-refractivity contribution in [2.75, 3.05) is 31.1 Å². The Morgan fingerprint density at radius 2 is 1.83 bits per heavy atom. The van der Waals surface area contributed by atoms with E-state index in [0.717, 1.165) is 24.1 Å². The summed E-state index contributed by atoms with van der Waals surface area (Å²) < 4.78 is 38.5. The normalized spacial score (nSPS) is 21.4. The molecule has 24 heavy (non-hydrogen) atoms. The molecule has 2 heterocycles. The third-order valence-corrected chi connectivity index (χ3v) is 4.98. The molecule has 0 radical (unpaired) electrons. The summed E-state index contributed by atoms with van der Waals surface area (Å²) in [5.74, 6) is -0.0976. The van der Waals surface area contributed by atoms with Crippen molar-refractivity contribution in [2.45, 2.75) is 37.5 Å². The first-order chi connectivity index (χ1) is 11.3. The molecule has 0 aromatic heterocycles. The highest BCUT2D eigenvalue weighted by molar-refractivity contribution is 5.95. The number of rotatable bonds is 2. The molecule has 1 amide bonds. The minimum atomic E-state index is -4.62. The number of benzene rings is 1. The molecule has 1 N–H and O–H groups in total. The second kappa shape index (κ2) is 6.37. The fourth-order valence-corrected chi connectivity index (χ4v) is 3.43. The highest BCUT2D eigenvalue weighted by Gasteiger charge is 2.54. The zero-order chi connectivity index (χ0) is 17.4. The first-order valence-electron chi connectivity index (χ1n) is 8.20. The van der Waals surface area contributed by atoms with E-state index >= 15 is 0 Å². The molecule has 2 aliphatic rings. The van der Waals surface area contributed by atoms with E-state index in [2.05, 4.69) is 0 Å². The van der Waals surface area contributed by atoms with E-state index in [0.29, 0.717) is 6.54 Å². The molecule has 3 rings (SSSR count). The van der Waals surface area contributed by atoms with Gasteiger partial charge in [-0.25, -0.2) is 0 Å². The lowest BCUT2D eigenvalue weighted by molar-refractivity contribution is -0.272. The van der Waals surface area contributed by atoms with Crippen LogP contribution in [0.15, 0.2) is 24.3 Å². The molecule has 1 aromatic rings. The predicted molar refractivity (Wildman–Crippen MR) is 83.8 cm³/mol. The highest BCUT2D eigenvalue weighted by atomic mass is 19.4. The van der Waals surface area contributed by atoms with E-state index < -0.39 is 11.8 Å². The summed E-state index contributed by atoms with van der Waals surface area (Å²) in [7, 11) is 0. The average molecular weight is 342 g/mol. The quantitative estimate of drug-likeness (QED) is 0.897. The smallest absolute Gasteiger partial charge is 0.380 e. The van der Waals surface area contributed by atoms with Crippen LogP contribution < -0.4 is 4.90 Å². The number of fused-ring (bicyclic) bond motifs is 1. The van der Waals surface area contributed by atoms with Crippen LogP contribution in [0.3, 0.4) is 0 Å². The number of carbonyl (C=O) groups is 1. The van der Waals surface area contributed by atoms with Crippen molar-refractivity contribution in [1.82, 2.24) is 4.90 Å². The second-order valence-corrected chi connectivity index (χ2v) is 6.58. The van der Waals surface area contributed by atoms with Crippen molar-refractivity contribution in [1.29, 1.82) is 0 Å². The van der Waals surface area contributed by atoms with Crippen molar-refractivity contribution in [2.24, 2.45) is 0 Å². The topological polar surface area (TPSA) is 43.8 Å². The first kappa shape index (κ1) is 17.2. The molecule has 0 spiro atoms. The number of alkyl halides is 3. The number of halogens is 3. The van der Waals surface area contributed by atoms with Gasteiger partial charge in [-0.3, -0.25) is 9.69 Å². The van der Waals surface area contributed by atoms with Gasteiger partial charge in [-0.05, 0) is 37.3 Å². The predicted octanol–water partition coefficient (Wildman–Crippen LogP) is 2.36. The maximum atomic E-state index is 12.8. The average Bonchev–Trinajstić information content (AvgIpc) is 2.55. The van der Waals surface area contributed by atoms with Crippen LogP contribution in [0, 0.1) is 0 Å². The van der Waals surface area contributed by atoms with E-state index in [9.17, 15) is 23.1 Å². The Morgan fingerprint density at radius 1 is 1.17 bits per heavy atom. The number of piperidine rings is 1. The summed E-state index contributed by atoms with van der Waals surface area (Å²) in [5, 5.41) is 9.69. The van der Waals surface area contributed by atoms with Gasteiger partial charge in [0.2, 0.25) is 5.91 Å². The van der Waals surface area contributed by atoms with Crippen LogP contribution in [-0.2, 0) is 11.2 Å². The number of likely N-dealkylation sites (tertiary alicyclic amines) is 1. The maximum Gasteiger partial charge on any atom is 0.417 e. The summed E-state index contributed by atoms with van der Waals surface area (Å²) >= 11 is 0. The molecule has 0 bridgehead atoms. The van der Waals surface area contributed by atoms with Gasteiger partial charge in [-0.15, -0.1) is 0 Å². The number of nitrogens with zero attached hydrogens (tertiary/aromatic N) is 2. The molecular formula is C17H21F3N2O2. The van der Waals surface area contributed by atoms with Gasteiger partial charge < -0.3 is 10.0 Å². The molecule has 0 unspecified atom stereocenters. The summed E-state index contributed by atoms with van der Waals surface area (Å²) in [6.45, 7) is 0.854. The van der Waals surface area contributed by atoms with E-state index in [1.165, 1.54) is 0 Å². The summed E-state index contributed by atoms with van der Waals surface area (Å²) in [5.41, 5.74) is -0.593. The molecule has 0 atom stereocenters. The number of hydrogen-bond donors (Lipinski definition) is 1. The molecule has 132 valence electrons. The molecular weight excluding hydrogens is 321 g/mol. The molecule has 2 aliphatic heterocycles. The van der Waals surface area contributed by atoms with Gasteiger partial charge >= 0.3 is 6.18 Å². The maximum absolute atomic E-state index is 12.8. The third kappa shape index (κ3) is 3.28. The van der Waals surface area contributed by atoms with Crippen LogP contribution in [0.2, 0.25) is 0 Å². The van der Waals surface area contributed by atoms with Gasteiger partial charge in [0, 0.05) is 25.3 Å². The summed E-state index contributed by atoms with van der Waals surface area (Å²) in [4.78, 5) is 16.0. The van der Waals surface area contributed by atoms with Gasteiger partial charge in [-0.1, -0.05) is 18.2 Å². The van der Waals surface area contributed by atoms with Crippen LogP contribution in [0.25, 0.3) is 0 Å². The summed E-state index contributed by atoms with van der Waals surface area (Å²) in [6, 6.07) is 7.73. The fraction of sp³-hybridized carbons (Fsp3) is 0.588. The largest absolute Gasteiger partial charge is 0.417 e. The minimum absolute atomic E-state index is 0.0667. The van der Waals surface area contributed by atoms with E-state index in [4.69, 9.17) is 0 Å². The van der Waals surface area contributed by atoms with Crippen molar-refractivity contribution in [3.63, 3.8) is 0 Å². The van der Waals surface area contributed by atoms with Gasteiger partial charge in [0.25, 0.3) is 0 Å². The van der Waals surface area contributed by atoms with Crippen molar-refractivity contribution in [3.05, 3.63) is 29.8 Å². The number of carbonyl (C=O) groups excluding carboxylic acids is 1. The minimum Gasteiger partial charge on any atom is -0.380 e. The van der Waals surface area contributed by atoms with Crippen molar-refractivity contribution < 1.29 is 23.1 Å². The Morgan fingerprint density at radius 3 is 2.50 bits per heavy atom. The number of aliphatic hydroxyl groups is 1. The van der Waals surface area contributed by atoms with Gasteiger partial charge in [-0.2, -0.15) is 13.2 Å². The van der Waals surface area contributed by atoms with Crippen molar-refractivity contribution >= 4 is 11.6 Å². The van der Waals surface area contributed by atoms with E-state index in [-0.39, 0.29) is 38.4 Å². The lowest BCUT2D eigenvalue weighted by atomic mass is 9.91. The van der Waals surface area contributed by atoms with Crippen LogP contribution in [0.5, 0.6) is 0 Å². The van der Waals surface area contributed by atoms with Crippen LogP contribution in [0.1, 0.15) is 24.8 Å². The Balaban J connectivity index is 1.61. The number of para-hydroxylation sites is 1. The van der Waals surface area contributed by atoms with Crippen LogP contribution in [0.4, 0.5) is 18.9 Å². The van der Waals surface area contributed by atoms with E-state index in [1.807, 2.05) is 24.3 Å². The highest BCUT2D eigenvalue weighted by Crippen LogP contribution is 2.38. The number of amides is 1. The van der Waals surface area contributed by atoms with Crippen molar-refractivity contribution in [3.8, 4) is 0 Å². The Bertz CT molecular complexity index is 610. The molecule has 1 fully saturated rings. The summed E-state index contributed by atoms with van der Waals surface area (Å²) in [6.07, 6.45) is -3.57. The van der Waals surface area contributed by atoms with Gasteiger partial charge in [0.1, 0.15) is 0 Å². The SMILES string of the molecule is O=C(CN1CCC(O)(C(F)(F)F)CC1)N1CCCc2ccccc21. The Kier molecular flexibility index (Phi) is 4.57. The zero-order valence-electron chi connectivity index (χ0n) is 13.4.